The molecule has 0 saturated heterocycles. The molecule has 0 spiro atoms. The Bertz CT molecular complexity index is 505. The van der Waals surface area contributed by atoms with Crippen molar-refractivity contribution in [1.29, 1.82) is 0 Å². The van der Waals surface area contributed by atoms with Gasteiger partial charge in [0.15, 0.2) is 0 Å². The average molecular weight is 231 g/mol. The van der Waals surface area contributed by atoms with E-state index in [1.807, 2.05) is 19.1 Å². The minimum absolute atomic E-state index is 0.0674. The van der Waals surface area contributed by atoms with E-state index in [0.717, 1.165) is 11.3 Å². The number of aromatic carboxylic acids is 1. The first kappa shape index (κ1) is 11.3. The van der Waals surface area contributed by atoms with Crippen LogP contribution < -0.4 is 5.32 Å². The van der Waals surface area contributed by atoms with Crippen LogP contribution in [0, 0.1) is 0 Å². The number of carboxylic acids is 1. The highest BCUT2D eigenvalue weighted by atomic mass is 16.4. The van der Waals surface area contributed by atoms with E-state index in [0.29, 0.717) is 0 Å². The lowest BCUT2D eigenvalue weighted by atomic mass is 10.1. The van der Waals surface area contributed by atoms with Gasteiger partial charge in [0.05, 0.1) is 24.1 Å². The smallest absolute Gasteiger partial charge is 0.335 e. The summed E-state index contributed by atoms with van der Waals surface area (Å²) in [5.41, 5.74) is 2.07. The first-order valence-corrected chi connectivity index (χ1v) is 5.29. The van der Waals surface area contributed by atoms with Gasteiger partial charge in [-0.3, -0.25) is 0 Å². The number of furan rings is 1. The lowest BCUT2D eigenvalue weighted by Crippen LogP contribution is -2.06. The zero-order chi connectivity index (χ0) is 12.3. The van der Waals surface area contributed by atoms with E-state index in [2.05, 4.69) is 5.32 Å². The van der Waals surface area contributed by atoms with Gasteiger partial charge in [0.1, 0.15) is 0 Å². The number of rotatable bonds is 4. The van der Waals surface area contributed by atoms with Gasteiger partial charge < -0.3 is 14.8 Å². The normalized spacial score (nSPS) is 12.1. The van der Waals surface area contributed by atoms with Crippen LogP contribution in [0.2, 0.25) is 0 Å². The van der Waals surface area contributed by atoms with Gasteiger partial charge in [-0.2, -0.15) is 0 Å². The average Bonchev–Trinajstić information content (AvgIpc) is 2.82. The predicted molar refractivity (Wildman–Crippen MR) is 64.1 cm³/mol. The van der Waals surface area contributed by atoms with Crippen molar-refractivity contribution in [2.24, 2.45) is 0 Å². The van der Waals surface area contributed by atoms with Crippen LogP contribution in [0.5, 0.6) is 0 Å². The summed E-state index contributed by atoms with van der Waals surface area (Å²) in [6, 6.07) is 8.67. The first-order valence-electron chi connectivity index (χ1n) is 5.29. The number of carboxylic acid groups (broad SMARTS) is 1. The zero-order valence-electron chi connectivity index (χ0n) is 9.38. The quantitative estimate of drug-likeness (QED) is 0.848. The van der Waals surface area contributed by atoms with E-state index in [1.165, 1.54) is 0 Å². The number of nitrogens with one attached hydrogen (secondary N) is 1. The third-order valence-corrected chi connectivity index (χ3v) is 2.54. The Hall–Kier alpha value is -2.23. The molecule has 0 amide bonds. The van der Waals surface area contributed by atoms with E-state index >= 15 is 0 Å². The van der Waals surface area contributed by atoms with Gasteiger partial charge in [-0.15, -0.1) is 0 Å². The molecule has 1 aromatic carbocycles. The summed E-state index contributed by atoms with van der Waals surface area (Å²) in [6.45, 7) is 1.98. The highest BCUT2D eigenvalue weighted by molar-refractivity contribution is 5.88. The van der Waals surface area contributed by atoms with Gasteiger partial charge in [-0.05, 0) is 31.2 Å². The summed E-state index contributed by atoms with van der Waals surface area (Å²) >= 11 is 0. The minimum Gasteiger partial charge on any atom is -0.478 e. The Labute approximate surface area is 98.9 Å². The van der Waals surface area contributed by atoms with Crippen molar-refractivity contribution in [3.63, 3.8) is 0 Å². The number of carbonyl (C=O) groups is 1. The second-order valence-electron chi connectivity index (χ2n) is 3.81. The summed E-state index contributed by atoms with van der Waals surface area (Å²) in [4.78, 5) is 10.8. The van der Waals surface area contributed by atoms with E-state index in [-0.39, 0.29) is 11.6 Å². The molecule has 0 radical (unpaired) electrons. The third kappa shape index (κ3) is 2.66. The standard InChI is InChI=1S/C13H13NO3/c1-9(11-5-6-17-8-11)14-12-4-2-3-10(7-12)13(15)16/h2-9,14H,1H3,(H,15,16). The maximum absolute atomic E-state index is 10.8. The molecule has 0 fully saturated rings. The SMILES string of the molecule is CC(Nc1cccc(C(=O)O)c1)c1ccoc1. The monoisotopic (exact) mass is 231 g/mol. The summed E-state index contributed by atoms with van der Waals surface area (Å²) < 4.78 is 5.00. The zero-order valence-corrected chi connectivity index (χ0v) is 9.38. The van der Waals surface area contributed by atoms with Crippen molar-refractivity contribution in [1.82, 2.24) is 0 Å². The number of benzene rings is 1. The van der Waals surface area contributed by atoms with Crippen LogP contribution in [-0.4, -0.2) is 11.1 Å². The molecule has 1 unspecified atom stereocenters. The molecule has 2 aromatic rings. The highest BCUT2D eigenvalue weighted by Crippen LogP contribution is 2.20. The molecule has 88 valence electrons. The third-order valence-electron chi connectivity index (χ3n) is 2.54. The molecule has 1 heterocycles. The molecule has 4 nitrogen and oxygen atoms in total. The molecule has 1 aromatic heterocycles. The van der Waals surface area contributed by atoms with Crippen molar-refractivity contribution >= 4 is 11.7 Å². The molecule has 0 bridgehead atoms. The number of hydrogen-bond acceptors (Lipinski definition) is 3. The van der Waals surface area contributed by atoms with Crippen LogP contribution in [0.25, 0.3) is 0 Å². The number of anilines is 1. The van der Waals surface area contributed by atoms with Crippen molar-refractivity contribution in [2.75, 3.05) is 5.32 Å². The van der Waals surface area contributed by atoms with Gasteiger partial charge in [0, 0.05) is 11.3 Å². The van der Waals surface area contributed by atoms with E-state index < -0.39 is 5.97 Å². The minimum atomic E-state index is -0.926. The molecule has 2 rings (SSSR count). The lowest BCUT2D eigenvalue weighted by molar-refractivity contribution is 0.0697. The van der Waals surface area contributed by atoms with Crippen molar-refractivity contribution < 1.29 is 14.3 Å². The summed E-state index contributed by atoms with van der Waals surface area (Å²) in [7, 11) is 0. The Morgan fingerprint density at radius 1 is 1.41 bits per heavy atom. The molecule has 0 aliphatic heterocycles. The maximum atomic E-state index is 10.8. The number of hydrogen-bond donors (Lipinski definition) is 2. The van der Waals surface area contributed by atoms with Gasteiger partial charge >= 0.3 is 5.97 Å². The molecular weight excluding hydrogens is 218 g/mol. The molecular formula is C13H13NO3. The predicted octanol–water partition coefficient (Wildman–Crippen LogP) is 3.15. The second kappa shape index (κ2) is 4.74. The summed E-state index contributed by atoms with van der Waals surface area (Å²) in [5, 5.41) is 12.1. The molecule has 4 heteroatoms. The van der Waals surface area contributed by atoms with E-state index in [9.17, 15) is 4.79 Å². The van der Waals surface area contributed by atoms with Gasteiger partial charge in [0.2, 0.25) is 0 Å². The molecule has 0 saturated carbocycles. The van der Waals surface area contributed by atoms with Gasteiger partial charge in [-0.1, -0.05) is 6.07 Å². The molecule has 0 aliphatic rings. The fourth-order valence-corrected chi connectivity index (χ4v) is 1.60. The van der Waals surface area contributed by atoms with Crippen LogP contribution in [0.3, 0.4) is 0 Å². The Kier molecular flexibility index (Phi) is 3.14. The maximum Gasteiger partial charge on any atom is 0.335 e. The van der Waals surface area contributed by atoms with Gasteiger partial charge in [0.25, 0.3) is 0 Å². The highest BCUT2D eigenvalue weighted by Gasteiger charge is 2.08. The van der Waals surface area contributed by atoms with Crippen LogP contribution >= 0.6 is 0 Å². The van der Waals surface area contributed by atoms with Crippen LogP contribution in [0.1, 0.15) is 28.9 Å². The van der Waals surface area contributed by atoms with Crippen LogP contribution in [0.15, 0.2) is 47.3 Å². The first-order chi connectivity index (χ1) is 8.16. The summed E-state index contributed by atoms with van der Waals surface area (Å²) in [5.74, 6) is -0.926. The Balaban J connectivity index is 2.13. The largest absolute Gasteiger partial charge is 0.478 e. The van der Waals surface area contributed by atoms with Crippen molar-refractivity contribution in [3.05, 3.63) is 54.0 Å². The fourth-order valence-electron chi connectivity index (χ4n) is 1.60. The van der Waals surface area contributed by atoms with E-state index in [4.69, 9.17) is 9.52 Å². The Morgan fingerprint density at radius 2 is 2.24 bits per heavy atom. The lowest BCUT2D eigenvalue weighted by Gasteiger charge is -2.13. The van der Waals surface area contributed by atoms with Crippen LogP contribution in [0.4, 0.5) is 5.69 Å². The molecule has 0 aliphatic carbocycles. The molecule has 1 atom stereocenters. The second-order valence-corrected chi connectivity index (χ2v) is 3.81. The van der Waals surface area contributed by atoms with Gasteiger partial charge in [-0.25, -0.2) is 4.79 Å². The Morgan fingerprint density at radius 3 is 2.88 bits per heavy atom. The summed E-state index contributed by atoms with van der Waals surface area (Å²) in [6.07, 6.45) is 3.28. The molecule has 17 heavy (non-hydrogen) atoms. The molecule has 2 N–H and O–H groups in total. The van der Waals surface area contributed by atoms with Crippen molar-refractivity contribution in [3.8, 4) is 0 Å². The van der Waals surface area contributed by atoms with Crippen LogP contribution in [-0.2, 0) is 0 Å². The topological polar surface area (TPSA) is 62.5 Å². The van der Waals surface area contributed by atoms with Crippen molar-refractivity contribution in [2.45, 2.75) is 13.0 Å². The fraction of sp³-hybridized carbons (Fsp3) is 0.154. The van der Waals surface area contributed by atoms with E-state index in [1.54, 1.807) is 30.7 Å².